The van der Waals surface area contributed by atoms with Crippen molar-refractivity contribution in [3.8, 4) is 5.75 Å². The maximum absolute atomic E-state index is 5.56. The molecule has 1 N–H and O–H groups in total. The smallest absolute Gasteiger partial charge is 0.254 e. The van der Waals surface area contributed by atoms with Crippen LogP contribution in [0.15, 0.2) is 30.3 Å². The minimum atomic E-state index is 0.0190. The van der Waals surface area contributed by atoms with Crippen molar-refractivity contribution in [2.45, 2.75) is 38.6 Å². The van der Waals surface area contributed by atoms with Crippen LogP contribution >= 0.6 is 0 Å². The molecule has 1 aromatic carbocycles. The fraction of sp³-hybridized carbons (Fsp3) is 0.450. The van der Waals surface area contributed by atoms with Gasteiger partial charge in [-0.15, -0.1) is 5.10 Å². The maximum Gasteiger partial charge on any atom is 0.254 e. The molecule has 142 valence electrons. The van der Waals surface area contributed by atoms with E-state index in [1.165, 1.54) is 0 Å². The van der Waals surface area contributed by atoms with E-state index in [4.69, 9.17) is 9.47 Å². The molecule has 4 rings (SSSR count). The third kappa shape index (κ3) is 3.60. The maximum atomic E-state index is 5.56. The second-order valence-corrected chi connectivity index (χ2v) is 7.30. The fourth-order valence-corrected chi connectivity index (χ4v) is 3.49. The van der Waals surface area contributed by atoms with Gasteiger partial charge in [-0.05, 0) is 43.5 Å². The molecule has 1 aliphatic rings. The first kappa shape index (κ1) is 17.7. The first-order chi connectivity index (χ1) is 13.1. The van der Waals surface area contributed by atoms with Crippen molar-refractivity contribution < 1.29 is 9.47 Å². The SMILES string of the molecule is COc1ccc(CNc2nc3nc(C)cc(C4(C)CCOCC4)n3n2)cc1. The monoisotopic (exact) mass is 367 g/mol. The first-order valence-corrected chi connectivity index (χ1v) is 9.27. The number of benzene rings is 1. The molecular formula is C20H25N5O2. The number of hydrogen-bond acceptors (Lipinski definition) is 6. The molecule has 0 aliphatic carbocycles. The minimum absolute atomic E-state index is 0.0190. The first-order valence-electron chi connectivity index (χ1n) is 9.27. The molecule has 0 bridgehead atoms. The van der Waals surface area contributed by atoms with Gasteiger partial charge in [0.05, 0.1) is 12.8 Å². The molecule has 0 saturated carbocycles. The van der Waals surface area contributed by atoms with E-state index in [1.807, 2.05) is 35.7 Å². The van der Waals surface area contributed by atoms with E-state index in [9.17, 15) is 0 Å². The molecule has 3 aromatic rings. The molecule has 1 aliphatic heterocycles. The third-order valence-electron chi connectivity index (χ3n) is 5.26. The summed E-state index contributed by atoms with van der Waals surface area (Å²) in [6.07, 6.45) is 1.94. The van der Waals surface area contributed by atoms with E-state index in [0.717, 1.165) is 48.8 Å². The zero-order valence-electron chi connectivity index (χ0n) is 16.0. The summed E-state index contributed by atoms with van der Waals surface area (Å²) in [5.41, 5.74) is 3.26. The van der Waals surface area contributed by atoms with Crippen LogP contribution in [0.1, 0.15) is 36.7 Å². The van der Waals surface area contributed by atoms with Gasteiger partial charge in [0, 0.05) is 30.9 Å². The summed E-state index contributed by atoms with van der Waals surface area (Å²) in [6.45, 7) is 6.47. The van der Waals surface area contributed by atoms with Crippen LogP contribution < -0.4 is 10.1 Å². The molecule has 0 spiro atoms. The van der Waals surface area contributed by atoms with Crippen molar-refractivity contribution in [3.63, 3.8) is 0 Å². The lowest BCUT2D eigenvalue weighted by atomic mass is 9.79. The van der Waals surface area contributed by atoms with Crippen LogP contribution in [-0.2, 0) is 16.7 Å². The number of aromatic nitrogens is 4. The summed E-state index contributed by atoms with van der Waals surface area (Å²) < 4.78 is 12.6. The van der Waals surface area contributed by atoms with Crippen LogP contribution in [-0.4, -0.2) is 39.9 Å². The van der Waals surface area contributed by atoms with Crippen LogP contribution in [0.4, 0.5) is 5.95 Å². The highest BCUT2D eigenvalue weighted by atomic mass is 16.5. The zero-order valence-corrected chi connectivity index (χ0v) is 16.0. The predicted octanol–water partition coefficient (Wildman–Crippen LogP) is 3.12. The Kier molecular flexibility index (Phi) is 4.70. The lowest BCUT2D eigenvalue weighted by Crippen LogP contribution is -2.33. The van der Waals surface area contributed by atoms with Gasteiger partial charge in [-0.3, -0.25) is 0 Å². The van der Waals surface area contributed by atoms with Gasteiger partial charge >= 0.3 is 0 Å². The number of rotatable bonds is 5. The Morgan fingerprint density at radius 2 is 1.93 bits per heavy atom. The number of methoxy groups -OCH3 is 1. The van der Waals surface area contributed by atoms with E-state index < -0.39 is 0 Å². The second kappa shape index (κ2) is 7.15. The Morgan fingerprint density at radius 3 is 2.63 bits per heavy atom. The van der Waals surface area contributed by atoms with E-state index in [0.29, 0.717) is 18.3 Å². The highest BCUT2D eigenvalue weighted by molar-refractivity contribution is 5.41. The number of nitrogens with zero attached hydrogens (tertiary/aromatic N) is 4. The van der Waals surface area contributed by atoms with Gasteiger partial charge in [0.15, 0.2) is 0 Å². The van der Waals surface area contributed by atoms with E-state index >= 15 is 0 Å². The van der Waals surface area contributed by atoms with Gasteiger partial charge in [-0.2, -0.15) is 9.50 Å². The number of ether oxygens (including phenoxy) is 2. The van der Waals surface area contributed by atoms with Gasteiger partial charge in [-0.1, -0.05) is 19.1 Å². The van der Waals surface area contributed by atoms with Crippen LogP contribution in [0, 0.1) is 6.92 Å². The average molecular weight is 367 g/mol. The molecular weight excluding hydrogens is 342 g/mol. The highest BCUT2D eigenvalue weighted by Crippen LogP contribution is 2.34. The summed E-state index contributed by atoms with van der Waals surface area (Å²) in [5.74, 6) is 2.06. The van der Waals surface area contributed by atoms with Gasteiger partial charge in [-0.25, -0.2) is 4.98 Å². The van der Waals surface area contributed by atoms with Crippen molar-refractivity contribution in [3.05, 3.63) is 47.3 Å². The molecule has 3 heterocycles. The van der Waals surface area contributed by atoms with Gasteiger partial charge in [0.25, 0.3) is 5.78 Å². The summed E-state index contributed by atoms with van der Waals surface area (Å²) in [5, 5.41) is 7.99. The molecule has 7 nitrogen and oxygen atoms in total. The summed E-state index contributed by atoms with van der Waals surface area (Å²) in [7, 11) is 1.67. The predicted molar refractivity (Wildman–Crippen MR) is 103 cm³/mol. The highest BCUT2D eigenvalue weighted by Gasteiger charge is 2.32. The van der Waals surface area contributed by atoms with Crippen LogP contribution in [0.3, 0.4) is 0 Å². The average Bonchev–Trinajstić information content (AvgIpc) is 3.09. The van der Waals surface area contributed by atoms with Crippen molar-refractivity contribution in [1.29, 1.82) is 0 Å². The molecule has 1 fully saturated rings. The van der Waals surface area contributed by atoms with Crippen molar-refractivity contribution in [2.24, 2.45) is 0 Å². The van der Waals surface area contributed by atoms with Crippen molar-refractivity contribution in [2.75, 3.05) is 25.6 Å². The minimum Gasteiger partial charge on any atom is -0.497 e. The summed E-state index contributed by atoms with van der Waals surface area (Å²) in [6, 6.07) is 10.1. The molecule has 0 atom stereocenters. The van der Waals surface area contributed by atoms with Crippen LogP contribution in [0.5, 0.6) is 5.75 Å². The van der Waals surface area contributed by atoms with Crippen molar-refractivity contribution in [1.82, 2.24) is 19.6 Å². The van der Waals surface area contributed by atoms with Gasteiger partial charge in [0.1, 0.15) is 5.75 Å². The molecule has 7 heteroatoms. The Bertz CT molecular complexity index is 929. The second-order valence-electron chi connectivity index (χ2n) is 7.30. The summed E-state index contributed by atoms with van der Waals surface area (Å²) >= 11 is 0. The van der Waals surface area contributed by atoms with E-state index in [2.05, 4.69) is 33.4 Å². The Morgan fingerprint density at radius 1 is 1.19 bits per heavy atom. The fourth-order valence-electron chi connectivity index (χ4n) is 3.49. The molecule has 1 saturated heterocycles. The lowest BCUT2D eigenvalue weighted by Gasteiger charge is -2.33. The quantitative estimate of drug-likeness (QED) is 0.747. The molecule has 27 heavy (non-hydrogen) atoms. The topological polar surface area (TPSA) is 73.6 Å². The van der Waals surface area contributed by atoms with Gasteiger partial charge < -0.3 is 14.8 Å². The summed E-state index contributed by atoms with van der Waals surface area (Å²) in [4.78, 5) is 9.14. The number of aryl methyl sites for hydroxylation is 1. The Hall–Kier alpha value is -2.67. The molecule has 0 radical (unpaired) electrons. The molecule has 0 amide bonds. The third-order valence-corrected chi connectivity index (χ3v) is 5.26. The number of nitrogens with one attached hydrogen (secondary N) is 1. The molecule has 0 unspecified atom stereocenters. The van der Waals surface area contributed by atoms with Crippen LogP contribution in [0.2, 0.25) is 0 Å². The number of anilines is 1. The van der Waals surface area contributed by atoms with E-state index in [1.54, 1.807) is 7.11 Å². The van der Waals surface area contributed by atoms with Gasteiger partial charge in [0.2, 0.25) is 5.95 Å². The van der Waals surface area contributed by atoms with Crippen LogP contribution in [0.25, 0.3) is 5.78 Å². The Balaban J connectivity index is 1.60. The largest absolute Gasteiger partial charge is 0.497 e. The zero-order chi connectivity index (χ0) is 18.9. The number of hydrogen-bond donors (Lipinski definition) is 1. The lowest BCUT2D eigenvalue weighted by molar-refractivity contribution is 0.0543. The Labute approximate surface area is 158 Å². The standard InChI is InChI=1S/C20H25N5O2/c1-14-12-17(20(2)8-10-27-11-9-20)25-19(22-14)23-18(24-25)21-13-15-4-6-16(26-3)7-5-15/h4-7,12H,8-11,13H2,1-3H3,(H,21,24). The van der Waals surface area contributed by atoms with E-state index in [-0.39, 0.29) is 5.41 Å². The number of fused-ring (bicyclic) bond motifs is 1. The van der Waals surface area contributed by atoms with Crippen molar-refractivity contribution >= 4 is 11.7 Å². The molecule has 2 aromatic heterocycles. The normalized spacial score (nSPS) is 16.4.